The normalized spacial score (nSPS) is 19.8. The Morgan fingerprint density at radius 3 is 2.11 bits per heavy atom. The van der Waals surface area contributed by atoms with Crippen molar-refractivity contribution < 1.29 is 29.0 Å². The number of carbonyl (C=O) groups excluding carboxylic acids is 3. The van der Waals surface area contributed by atoms with E-state index in [4.69, 9.17) is 4.74 Å². The number of hydrogen-bond donors (Lipinski definition) is 4. The third-order valence-corrected chi connectivity index (χ3v) is 6.07. The summed E-state index contributed by atoms with van der Waals surface area (Å²) in [5.74, 6) is -1.79. The highest BCUT2D eigenvalue weighted by atomic mass is 16.6. The Hall–Kier alpha value is -3.10. The highest BCUT2D eigenvalue weighted by Crippen LogP contribution is 2.29. The summed E-state index contributed by atoms with van der Waals surface area (Å²) in [6.07, 6.45) is 2.10. The predicted molar refractivity (Wildman–Crippen MR) is 131 cm³/mol. The van der Waals surface area contributed by atoms with Crippen molar-refractivity contribution >= 4 is 23.9 Å². The standard InChI is InChI=1S/C26H39N3O6/c1-16(2)20(29-25(34)35-26(3,4)5)23(31)27-15-17-11-13-19(14-12-17)22(30)28-21(24(32)33)18-9-7-6-8-10-18/h6-10,16-17,19-21H,11-15H2,1-5H3,(H,27,31)(H,28,30)(H,29,34)(H,32,33)/t17?,19?,20-,21-/m1/s1. The van der Waals surface area contributed by atoms with Crippen molar-refractivity contribution in [3.05, 3.63) is 35.9 Å². The van der Waals surface area contributed by atoms with Crippen molar-refractivity contribution in [1.29, 1.82) is 0 Å². The van der Waals surface area contributed by atoms with Gasteiger partial charge in [-0.2, -0.15) is 0 Å². The summed E-state index contributed by atoms with van der Waals surface area (Å²) in [6, 6.07) is 6.85. The number of carbonyl (C=O) groups is 4. The van der Waals surface area contributed by atoms with Gasteiger partial charge in [-0.05, 0) is 63.9 Å². The molecule has 9 nitrogen and oxygen atoms in total. The van der Waals surface area contributed by atoms with Gasteiger partial charge in [0.25, 0.3) is 0 Å². The lowest BCUT2D eigenvalue weighted by Crippen LogP contribution is -2.51. The van der Waals surface area contributed by atoms with Crippen molar-refractivity contribution in [3.8, 4) is 0 Å². The van der Waals surface area contributed by atoms with Crippen LogP contribution in [0.4, 0.5) is 4.79 Å². The Kier molecular flexibility index (Phi) is 10.1. The number of nitrogens with one attached hydrogen (secondary N) is 3. The largest absolute Gasteiger partial charge is 0.479 e. The molecule has 0 bridgehead atoms. The van der Waals surface area contributed by atoms with Crippen molar-refractivity contribution in [3.63, 3.8) is 0 Å². The van der Waals surface area contributed by atoms with Gasteiger partial charge < -0.3 is 25.8 Å². The number of hydrogen-bond acceptors (Lipinski definition) is 5. The van der Waals surface area contributed by atoms with E-state index in [9.17, 15) is 24.3 Å². The second-order valence-corrected chi connectivity index (χ2v) is 10.5. The number of ether oxygens (including phenoxy) is 1. The van der Waals surface area contributed by atoms with Crippen LogP contribution in [0.1, 0.15) is 71.9 Å². The van der Waals surface area contributed by atoms with Crippen molar-refractivity contribution in [2.24, 2.45) is 17.8 Å². The van der Waals surface area contributed by atoms with Gasteiger partial charge in [-0.25, -0.2) is 9.59 Å². The number of alkyl carbamates (subject to hydrolysis) is 1. The van der Waals surface area contributed by atoms with Crippen LogP contribution in [0, 0.1) is 17.8 Å². The zero-order valence-electron chi connectivity index (χ0n) is 21.3. The predicted octanol–water partition coefficient (Wildman–Crippen LogP) is 3.40. The Balaban J connectivity index is 1.82. The third-order valence-electron chi connectivity index (χ3n) is 6.07. The minimum atomic E-state index is -1.10. The SMILES string of the molecule is CC(C)[C@@H](NC(=O)OC(C)(C)C)C(=O)NCC1CCC(C(=O)N[C@@H](C(=O)O)c2ccccc2)CC1. The Labute approximate surface area is 207 Å². The molecule has 0 saturated heterocycles. The molecule has 0 radical (unpaired) electrons. The molecule has 4 N–H and O–H groups in total. The summed E-state index contributed by atoms with van der Waals surface area (Å²) >= 11 is 0. The van der Waals surface area contributed by atoms with E-state index in [0.717, 1.165) is 12.8 Å². The van der Waals surface area contributed by atoms with E-state index in [2.05, 4.69) is 16.0 Å². The monoisotopic (exact) mass is 489 g/mol. The van der Waals surface area contributed by atoms with Crippen LogP contribution >= 0.6 is 0 Å². The first kappa shape index (κ1) is 28.1. The lowest BCUT2D eigenvalue weighted by Gasteiger charge is -2.30. The molecule has 0 aromatic heterocycles. The third kappa shape index (κ3) is 9.22. The fourth-order valence-electron chi connectivity index (χ4n) is 4.15. The van der Waals surface area contributed by atoms with E-state index in [1.807, 2.05) is 13.8 Å². The lowest BCUT2D eigenvalue weighted by atomic mass is 9.81. The number of benzene rings is 1. The van der Waals surface area contributed by atoms with Gasteiger partial charge in [0.1, 0.15) is 11.6 Å². The number of carboxylic acid groups (broad SMARTS) is 1. The van der Waals surface area contributed by atoms with Crippen molar-refractivity contribution in [2.75, 3.05) is 6.54 Å². The van der Waals surface area contributed by atoms with Gasteiger partial charge in [0, 0.05) is 12.5 Å². The van der Waals surface area contributed by atoms with Crippen LogP contribution in [-0.2, 0) is 19.1 Å². The molecule has 2 rings (SSSR count). The van der Waals surface area contributed by atoms with Gasteiger partial charge in [-0.15, -0.1) is 0 Å². The molecule has 0 heterocycles. The molecule has 0 aliphatic heterocycles. The molecule has 35 heavy (non-hydrogen) atoms. The van der Waals surface area contributed by atoms with E-state index >= 15 is 0 Å². The molecule has 9 heteroatoms. The maximum absolute atomic E-state index is 12.7. The fourth-order valence-corrected chi connectivity index (χ4v) is 4.15. The number of rotatable bonds is 9. The van der Waals surface area contributed by atoms with E-state index in [-0.39, 0.29) is 29.6 Å². The summed E-state index contributed by atoms with van der Waals surface area (Å²) < 4.78 is 5.26. The van der Waals surface area contributed by atoms with Gasteiger partial charge in [0.2, 0.25) is 11.8 Å². The highest BCUT2D eigenvalue weighted by Gasteiger charge is 2.31. The molecule has 0 unspecified atom stereocenters. The first-order chi connectivity index (χ1) is 16.4. The molecule has 1 aliphatic carbocycles. The molecular formula is C26H39N3O6. The quantitative estimate of drug-likeness (QED) is 0.420. The van der Waals surface area contributed by atoms with E-state index in [1.54, 1.807) is 51.1 Å². The molecule has 2 atom stereocenters. The van der Waals surface area contributed by atoms with Crippen LogP contribution < -0.4 is 16.0 Å². The van der Waals surface area contributed by atoms with Gasteiger partial charge in [-0.3, -0.25) is 9.59 Å². The van der Waals surface area contributed by atoms with Crippen molar-refractivity contribution in [1.82, 2.24) is 16.0 Å². The van der Waals surface area contributed by atoms with Crippen LogP contribution in [0.3, 0.4) is 0 Å². The zero-order chi connectivity index (χ0) is 26.2. The van der Waals surface area contributed by atoms with Crippen LogP contribution in [-0.4, -0.2) is 47.2 Å². The Morgan fingerprint density at radius 1 is 1.00 bits per heavy atom. The number of amides is 3. The first-order valence-electron chi connectivity index (χ1n) is 12.2. The van der Waals surface area contributed by atoms with Crippen LogP contribution in [0.5, 0.6) is 0 Å². The van der Waals surface area contributed by atoms with Crippen LogP contribution in [0.15, 0.2) is 30.3 Å². The number of carboxylic acids is 1. The summed E-state index contributed by atoms with van der Waals surface area (Å²) in [4.78, 5) is 49.2. The fraction of sp³-hybridized carbons (Fsp3) is 0.615. The minimum absolute atomic E-state index is 0.117. The summed E-state index contributed by atoms with van der Waals surface area (Å²) in [5, 5.41) is 17.8. The summed E-state index contributed by atoms with van der Waals surface area (Å²) in [7, 11) is 0. The van der Waals surface area contributed by atoms with Crippen molar-refractivity contribution in [2.45, 2.75) is 78.0 Å². The lowest BCUT2D eigenvalue weighted by molar-refractivity contribution is -0.143. The van der Waals surface area contributed by atoms with Crippen LogP contribution in [0.25, 0.3) is 0 Å². The second kappa shape index (κ2) is 12.6. The molecule has 1 aromatic carbocycles. The van der Waals surface area contributed by atoms with Gasteiger partial charge >= 0.3 is 12.1 Å². The van der Waals surface area contributed by atoms with Gasteiger partial charge in [0.05, 0.1) is 0 Å². The Bertz CT molecular complexity index is 873. The highest BCUT2D eigenvalue weighted by molar-refractivity contribution is 5.86. The maximum atomic E-state index is 12.7. The zero-order valence-corrected chi connectivity index (χ0v) is 21.3. The topological polar surface area (TPSA) is 134 Å². The average molecular weight is 490 g/mol. The molecule has 0 spiro atoms. The van der Waals surface area contributed by atoms with E-state index < -0.39 is 29.7 Å². The molecule has 1 fully saturated rings. The molecular weight excluding hydrogens is 450 g/mol. The smallest absolute Gasteiger partial charge is 0.408 e. The second-order valence-electron chi connectivity index (χ2n) is 10.5. The minimum Gasteiger partial charge on any atom is -0.479 e. The molecule has 1 aliphatic rings. The Morgan fingerprint density at radius 2 is 1.60 bits per heavy atom. The summed E-state index contributed by atoms with van der Waals surface area (Å²) in [6.45, 7) is 9.44. The summed E-state index contributed by atoms with van der Waals surface area (Å²) in [5.41, 5.74) is -0.122. The first-order valence-corrected chi connectivity index (χ1v) is 12.2. The van der Waals surface area contributed by atoms with Crippen LogP contribution in [0.2, 0.25) is 0 Å². The molecule has 1 aromatic rings. The molecule has 3 amide bonds. The number of aliphatic carboxylic acids is 1. The molecule has 194 valence electrons. The average Bonchev–Trinajstić information content (AvgIpc) is 2.78. The molecule has 1 saturated carbocycles. The maximum Gasteiger partial charge on any atom is 0.408 e. The van der Waals surface area contributed by atoms with Gasteiger partial charge in [0.15, 0.2) is 6.04 Å². The van der Waals surface area contributed by atoms with Gasteiger partial charge in [-0.1, -0.05) is 44.2 Å². The van der Waals surface area contributed by atoms with E-state index in [1.165, 1.54) is 0 Å². The van der Waals surface area contributed by atoms with E-state index in [0.29, 0.717) is 24.9 Å².